The summed E-state index contributed by atoms with van der Waals surface area (Å²) in [5, 5.41) is 15.0. The lowest BCUT2D eigenvalue weighted by molar-refractivity contribution is -0.00789. The number of ether oxygens (including phenoxy) is 1. The molecule has 6 heterocycles. The summed E-state index contributed by atoms with van der Waals surface area (Å²) in [6.45, 7) is 10.9. The summed E-state index contributed by atoms with van der Waals surface area (Å²) < 4.78 is 9.50. The molecule has 12 heteroatoms. The number of amides is 1. The zero-order valence-corrected chi connectivity index (χ0v) is 23.6. The van der Waals surface area contributed by atoms with E-state index >= 15 is 0 Å². The van der Waals surface area contributed by atoms with Crippen molar-refractivity contribution < 1.29 is 14.6 Å². The Morgan fingerprint density at radius 1 is 1.12 bits per heavy atom. The van der Waals surface area contributed by atoms with Crippen LogP contribution >= 0.6 is 0 Å². The number of rotatable bonds is 3. The molecule has 0 aliphatic carbocycles. The average Bonchev–Trinajstić information content (AvgIpc) is 3.66. The van der Waals surface area contributed by atoms with Crippen molar-refractivity contribution in [2.24, 2.45) is 0 Å². The Bertz CT molecular complexity index is 1780. The van der Waals surface area contributed by atoms with Crippen LogP contribution in [0.4, 0.5) is 5.69 Å². The van der Waals surface area contributed by atoms with Gasteiger partial charge in [0.15, 0.2) is 17.3 Å². The van der Waals surface area contributed by atoms with Gasteiger partial charge in [0.2, 0.25) is 5.78 Å². The van der Waals surface area contributed by atoms with Gasteiger partial charge < -0.3 is 24.2 Å². The minimum atomic E-state index is -0.345. The third-order valence-electron chi connectivity index (χ3n) is 8.70. The Morgan fingerprint density at radius 3 is 2.68 bits per heavy atom. The van der Waals surface area contributed by atoms with Gasteiger partial charge in [0.1, 0.15) is 12.0 Å². The predicted octanol–water partition coefficient (Wildman–Crippen LogP) is 2.60. The van der Waals surface area contributed by atoms with Crippen molar-refractivity contribution >= 4 is 17.4 Å². The molecule has 12 nitrogen and oxygen atoms in total. The number of aromatic hydroxyl groups is 1. The molecular formula is C29H32N8O4. The number of piperazine rings is 1. The lowest BCUT2D eigenvalue weighted by Crippen LogP contribution is -2.51. The van der Waals surface area contributed by atoms with E-state index in [2.05, 4.69) is 52.3 Å². The van der Waals surface area contributed by atoms with Crippen molar-refractivity contribution in [1.82, 2.24) is 34.0 Å². The average molecular weight is 557 g/mol. The maximum Gasteiger partial charge on any atom is 0.299 e. The molecule has 3 aromatic heterocycles. The summed E-state index contributed by atoms with van der Waals surface area (Å²) in [6.07, 6.45) is 2.19. The highest BCUT2D eigenvalue weighted by molar-refractivity contribution is 5.95. The second-order valence-corrected chi connectivity index (χ2v) is 11.6. The monoisotopic (exact) mass is 556 g/mol. The Labute approximate surface area is 236 Å². The number of carbonyl (C=O) groups excluding carboxylic acids is 1. The van der Waals surface area contributed by atoms with Crippen molar-refractivity contribution in [3.63, 3.8) is 0 Å². The first kappa shape index (κ1) is 25.6. The summed E-state index contributed by atoms with van der Waals surface area (Å²) in [5.74, 6) is 0.701. The Hall–Kier alpha value is -4.32. The molecule has 212 valence electrons. The van der Waals surface area contributed by atoms with E-state index in [9.17, 15) is 14.7 Å². The molecule has 1 fully saturated rings. The molecule has 1 amide bonds. The Kier molecular flexibility index (Phi) is 5.69. The first-order chi connectivity index (χ1) is 19.6. The van der Waals surface area contributed by atoms with Crippen LogP contribution in [0.5, 0.6) is 5.75 Å². The van der Waals surface area contributed by atoms with E-state index in [1.807, 2.05) is 6.07 Å². The number of nitrogens with zero attached hydrogens (tertiary/aromatic N) is 8. The highest BCUT2D eigenvalue weighted by Gasteiger charge is 2.35. The molecule has 0 radical (unpaired) electrons. The van der Waals surface area contributed by atoms with E-state index in [-0.39, 0.29) is 34.4 Å². The number of aryl methyl sites for hydroxylation is 2. The van der Waals surface area contributed by atoms with Gasteiger partial charge in [0, 0.05) is 44.2 Å². The van der Waals surface area contributed by atoms with Crippen LogP contribution in [0.25, 0.3) is 17.2 Å². The molecule has 1 aromatic carbocycles. The van der Waals surface area contributed by atoms with Crippen LogP contribution in [-0.4, -0.2) is 71.2 Å². The lowest BCUT2D eigenvalue weighted by atomic mass is 9.94. The smallest absolute Gasteiger partial charge is 0.299 e. The van der Waals surface area contributed by atoms with E-state index in [0.29, 0.717) is 55.8 Å². The van der Waals surface area contributed by atoms with Crippen LogP contribution in [0.2, 0.25) is 0 Å². The van der Waals surface area contributed by atoms with Crippen LogP contribution in [0.3, 0.4) is 0 Å². The largest absolute Gasteiger partial charge is 0.504 e. The highest BCUT2D eigenvalue weighted by atomic mass is 16.5. The van der Waals surface area contributed by atoms with E-state index in [4.69, 9.17) is 14.8 Å². The second-order valence-electron chi connectivity index (χ2n) is 11.6. The number of carbonyl (C=O) groups is 1. The van der Waals surface area contributed by atoms with Gasteiger partial charge in [-0.3, -0.25) is 9.59 Å². The number of hydrogen-bond acceptors (Lipinski definition) is 9. The fourth-order valence-electron chi connectivity index (χ4n) is 6.34. The summed E-state index contributed by atoms with van der Waals surface area (Å²) in [6, 6.07) is 6.12. The number of hydrogen-bond donors (Lipinski definition) is 1. The molecule has 3 aliphatic heterocycles. The van der Waals surface area contributed by atoms with Gasteiger partial charge in [-0.1, -0.05) is 19.1 Å². The van der Waals surface area contributed by atoms with E-state index in [1.165, 1.54) is 10.8 Å². The number of aromatic nitrogens is 6. The SMILES string of the molecule is Cc1ncnc(C(=O)N2CCN(c3c4n(c5nc(-c6ccc7c(c6)COC7(C)C)nn5c3=O)CCC4C)CC2)c1O. The van der Waals surface area contributed by atoms with Crippen LogP contribution in [0.1, 0.15) is 66.1 Å². The number of anilines is 1. The fourth-order valence-corrected chi connectivity index (χ4v) is 6.34. The molecule has 1 atom stereocenters. The van der Waals surface area contributed by atoms with Gasteiger partial charge >= 0.3 is 0 Å². The third-order valence-corrected chi connectivity index (χ3v) is 8.70. The normalized spacial score (nSPS) is 19.6. The summed E-state index contributed by atoms with van der Waals surface area (Å²) in [7, 11) is 0. The highest BCUT2D eigenvalue weighted by Crippen LogP contribution is 2.38. The molecule has 4 aromatic rings. The van der Waals surface area contributed by atoms with Crippen molar-refractivity contribution in [2.75, 3.05) is 31.1 Å². The van der Waals surface area contributed by atoms with Gasteiger partial charge in [-0.15, -0.1) is 5.10 Å². The fraction of sp³-hybridized carbons (Fsp3) is 0.448. The lowest BCUT2D eigenvalue weighted by Gasteiger charge is -2.36. The van der Waals surface area contributed by atoms with Crippen molar-refractivity contribution in [1.29, 1.82) is 0 Å². The third kappa shape index (κ3) is 3.91. The van der Waals surface area contributed by atoms with Gasteiger partial charge in [0.05, 0.1) is 23.6 Å². The summed E-state index contributed by atoms with van der Waals surface area (Å²) >= 11 is 0. The standard InChI is InChI=1S/C29H32N8O4/c1-16-7-8-36-22(16)23(34-9-11-35(12-10-34)26(39)21-24(38)17(2)30-15-31-21)27(40)37-28(36)32-25(33-37)18-5-6-20-19(13-18)14-41-29(20,3)4/h5-6,13,15-16,38H,7-12,14H2,1-4H3. The Morgan fingerprint density at radius 2 is 1.90 bits per heavy atom. The second kappa shape index (κ2) is 9.10. The molecule has 0 saturated carbocycles. The van der Waals surface area contributed by atoms with Gasteiger partial charge in [-0.25, -0.2) is 9.97 Å². The zero-order valence-electron chi connectivity index (χ0n) is 23.6. The van der Waals surface area contributed by atoms with E-state index < -0.39 is 0 Å². The molecule has 7 rings (SSSR count). The molecule has 1 N–H and O–H groups in total. The van der Waals surface area contributed by atoms with Crippen molar-refractivity contribution in [2.45, 2.75) is 58.8 Å². The molecular weight excluding hydrogens is 524 g/mol. The van der Waals surface area contributed by atoms with Crippen LogP contribution < -0.4 is 10.5 Å². The molecule has 0 bridgehead atoms. The van der Waals surface area contributed by atoms with Crippen molar-refractivity contribution in [3.8, 4) is 17.1 Å². The molecule has 0 spiro atoms. The first-order valence-corrected chi connectivity index (χ1v) is 14.0. The predicted molar refractivity (Wildman–Crippen MR) is 150 cm³/mol. The zero-order chi connectivity index (χ0) is 28.6. The van der Waals surface area contributed by atoms with Gasteiger partial charge in [-0.05, 0) is 44.4 Å². The number of benzene rings is 1. The maximum absolute atomic E-state index is 14.0. The van der Waals surface area contributed by atoms with Crippen LogP contribution in [0.15, 0.2) is 29.3 Å². The number of fused-ring (bicyclic) bond motifs is 4. The molecule has 41 heavy (non-hydrogen) atoms. The van der Waals surface area contributed by atoms with Crippen LogP contribution in [-0.2, 0) is 23.5 Å². The topological polar surface area (TPSA) is 131 Å². The quantitative estimate of drug-likeness (QED) is 0.405. The molecule has 3 aliphatic rings. The summed E-state index contributed by atoms with van der Waals surface area (Å²) in [5.41, 5.74) is 4.54. The van der Waals surface area contributed by atoms with E-state index in [0.717, 1.165) is 35.3 Å². The summed E-state index contributed by atoms with van der Waals surface area (Å²) in [4.78, 5) is 43.6. The molecule has 1 saturated heterocycles. The van der Waals surface area contributed by atoms with E-state index in [1.54, 1.807) is 11.8 Å². The Balaban J connectivity index is 1.23. The first-order valence-electron chi connectivity index (χ1n) is 14.0. The van der Waals surface area contributed by atoms with Gasteiger partial charge in [-0.2, -0.15) is 9.50 Å². The molecule has 1 unspecified atom stereocenters. The maximum atomic E-state index is 14.0. The van der Waals surface area contributed by atoms with Gasteiger partial charge in [0.25, 0.3) is 11.5 Å². The minimum Gasteiger partial charge on any atom is -0.504 e. The minimum absolute atomic E-state index is 0.00113. The van der Waals surface area contributed by atoms with Crippen LogP contribution in [0, 0.1) is 6.92 Å². The van der Waals surface area contributed by atoms with Crippen molar-refractivity contribution in [3.05, 3.63) is 63.1 Å².